The van der Waals surface area contributed by atoms with Crippen molar-refractivity contribution < 1.29 is 0 Å². The first-order valence-corrected chi connectivity index (χ1v) is 10.4. The van der Waals surface area contributed by atoms with Crippen LogP contribution in [0.5, 0.6) is 0 Å². The Hall–Kier alpha value is -3.03. The first kappa shape index (κ1) is 17.1. The lowest BCUT2D eigenvalue weighted by Gasteiger charge is -2.17. The minimum absolute atomic E-state index is 1.26. The summed E-state index contributed by atoms with van der Waals surface area (Å²) in [7, 11) is 0. The van der Waals surface area contributed by atoms with Crippen LogP contribution < -0.4 is 0 Å². The molecule has 0 radical (unpaired) electrons. The SMILES string of the molecule is Cc1ccc(Sc2c(-c3ccccc3)c3ccccc3c3ccccc23)cc1. The summed E-state index contributed by atoms with van der Waals surface area (Å²) in [4.78, 5) is 2.59. The molecule has 0 nitrogen and oxygen atoms in total. The Balaban J connectivity index is 1.88. The van der Waals surface area contributed by atoms with E-state index in [-0.39, 0.29) is 0 Å². The second-order valence-electron chi connectivity index (χ2n) is 7.08. The van der Waals surface area contributed by atoms with Crippen molar-refractivity contribution in [2.75, 3.05) is 0 Å². The second-order valence-corrected chi connectivity index (χ2v) is 8.16. The van der Waals surface area contributed by atoms with Crippen LogP contribution in [0.1, 0.15) is 5.56 Å². The molecule has 0 saturated heterocycles. The van der Waals surface area contributed by atoms with Gasteiger partial charge in [-0.05, 0) is 46.2 Å². The molecular formula is C27H20S. The van der Waals surface area contributed by atoms with Crippen LogP contribution in [-0.4, -0.2) is 0 Å². The smallest absolute Gasteiger partial charge is 0.0285 e. The van der Waals surface area contributed by atoms with Crippen LogP contribution in [0, 0.1) is 6.92 Å². The molecule has 0 amide bonds. The van der Waals surface area contributed by atoms with Crippen molar-refractivity contribution in [3.05, 3.63) is 109 Å². The topological polar surface area (TPSA) is 0 Å². The molecule has 0 heterocycles. The third-order valence-corrected chi connectivity index (χ3v) is 6.32. The monoisotopic (exact) mass is 376 g/mol. The summed E-state index contributed by atoms with van der Waals surface area (Å²) < 4.78 is 0. The fraction of sp³-hybridized carbons (Fsp3) is 0.0370. The molecule has 5 rings (SSSR count). The molecule has 0 aromatic heterocycles. The molecule has 0 spiro atoms. The van der Waals surface area contributed by atoms with Gasteiger partial charge in [0.15, 0.2) is 0 Å². The highest BCUT2D eigenvalue weighted by Gasteiger charge is 2.16. The maximum Gasteiger partial charge on any atom is 0.0285 e. The lowest BCUT2D eigenvalue weighted by molar-refractivity contribution is 1.37. The van der Waals surface area contributed by atoms with Gasteiger partial charge in [-0.2, -0.15) is 0 Å². The van der Waals surface area contributed by atoms with E-state index in [4.69, 9.17) is 0 Å². The number of hydrogen-bond acceptors (Lipinski definition) is 1. The van der Waals surface area contributed by atoms with E-state index in [2.05, 4.69) is 110 Å². The van der Waals surface area contributed by atoms with Gasteiger partial charge in [0.25, 0.3) is 0 Å². The van der Waals surface area contributed by atoms with E-state index < -0.39 is 0 Å². The Labute approximate surface area is 169 Å². The van der Waals surface area contributed by atoms with Gasteiger partial charge in [0, 0.05) is 15.4 Å². The van der Waals surface area contributed by atoms with Gasteiger partial charge in [0.1, 0.15) is 0 Å². The number of benzene rings is 5. The van der Waals surface area contributed by atoms with Crippen molar-refractivity contribution in [1.29, 1.82) is 0 Å². The number of hydrogen-bond donors (Lipinski definition) is 0. The molecule has 28 heavy (non-hydrogen) atoms. The summed E-state index contributed by atoms with van der Waals surface area (Å²) in [5, 5.41) is 5.24. The molecule has 0 atom stereocenters. The molecular weight excluding hydrogens is 356 g/mol. The Kier molecular flexibility index (Phi) is 4.38. The molecule has 0 unspecified atom stereocenters. The van der Waals surface area contributed by atoms with Gasteiger partial charge in [0.05, 0.1) is 0 Å². The average Bonchev–Trinajstić information content (AvgIpc) is 2.76. The van der Waals surface area contributed by atoms with Crippen LogP contribution in [0.2, 0.25) is 0 Å². The molecule has 0 N–H and O–H groups in total. The Morgan fingerprint density at radius 1 is 0.500 bits per heavy atom. The lowest BCUT2D eigenvalue weighted by atomic mass is 9.93. The largest absolute Gasteiger partial charge is 0.0888 e. The number of rotatable bonds is 3. The van der Waals surface area contributed by atoms with Crippen LogP contribution in [0.4, 0.5) is 0 Å². The normalized spacial score (nSPS) is 11.2. The lowest BCUT2D eigenvalue weighted by Crippen LogP contribution is -1.90. The summed E-state index contributed by atoms with van der Waals surface area (Å²) in [6.07, 6.45) is 0. The van der Waals surface area contributed by atoms with Gasteiger partial charge in [-0.3, -0.25) is 0 Å². The van der Waals surface area contributed by atoms with E-state index in [9.17, 15) is 0 Å². The third-order valence-electron chi connectivity index (χ3n) is 5.19. The second kappa shape index (κ2) is 7.18. The van der Waals surface area contributed by atoms with Crippen molar-refractivity contribution >= 4 is 33.3 Å². The maximum absolute atomic E-state index is 2.25. The minimum atomic E-state index is 1.26. The predicted molar refractivity (Wildman–Crippen MR) is 122 cm³/mol. The molecule has 134 valence electrons. The van der Waals surface area contributed by atoms with Crippen LogP contribution in [0.25, 0.3) is 32.7 Å². The summed E-state index contributed by atoms with van der Waals surface area (Å²) in [6.45, 7) is 2.13. The van der Waals surface area contributed by atoms with Gasteiger partial charge in [-0.1, -0.05) is 108 Å². The van der Waals surface area contributed by atoms with Crippen LogP contribution in [0.15, 0.2) is 113 Å². The van der Waals surface area contributed by atoms with E-state index >= 15 is 0 Å². The molecule has 0 aliphatic heterocycles. The first-order valence-electron chi connectivity index (χ1n) is 9.54. The summed E-state index contributed by atoms with van der Waals surface area (Å²) in [5.41, 5.74) is 3.87. The van der Waals surface area contributed by atoms with Gasteiger partial charge < -0.3 is 0 Å². The highest BCUT2D eigenvalue weighted by molar-refractivity contribution is 7.99. The molecule has 0 fully saturated rings. The highest BCUT2D eigenvalue weighted by Crippen LogP contribution is 2.46. The fourth-order valence-corrected chi connectivity index (χ4v) is 4.96. The molecule has 0 bridgehead atoms. The number of fused-ring (bicyclic) bond motifs is 3. The maximum atomic E-state index is 2.25. The fourth-order valence-electron chi connectivity index (χ4n) is 3.83. The van der Waals surface area contributed by atoms with Crippen LogP contribution in [0.3, 0.4) is 0 Å². The quantitative estimate of drug-likeness (QED) is 0.286. The van der Waals surface area contributed by atoms with Crippen molar-refractivity contribution in [1.82, 2.24) is 0 Å². The Bertz CT molecular complexity index is 1270. The Morgan fingerprint density at radius 2 is 1.04 bits per heavy atom. The third kappa shape index (κ3) is 2.98. The van der Waals surface area contributed by atoms with Gasteiger partial charge in [-0.25, -0.2) is 0 Å². The zero-order valence-corrected chi connectivity index (χ0v) is 16.5. The van der Waals surface area contributed by atoms with E-state index in [1.807, 2.05) is 11.8 Å². The van der Waals surface area contributed by atoms with E-state index in [1.165, 1.54) is 48.0 Å². The summed E-state index contributed by atoms with van der Waals surface area (Å²) in [6, 6.07) is 37.1. The van der Waals surface area contributed by atoms with Gasteiger partial charge in [0.2, 0.25) is 0 Å². The van der Waals surface area contributed by atoms with Gasteiger partial charge >= 0.3 is 0 Å². The molecule has 5 aromatic carbocycles. The van der Waals surface area contributed by atoms with Gasteiger partial charge in [-0.15, -0.1) is 0 Å². The molecule has 0 aliphatic rings. The van der Waals surface area contributed by atoms with E-state index in [0.717, 1.165) is 0 Å². The average molecular weight is 377 g/mol. The zero-order chi connectivity index (χ0) is 18.9. The first-order chi connectivity index (χ1) is 13.8. The van der Waals surface area contributed by atoms with Crippen LogP contribution in [-0.2, 0) is 0 Å². The van der Waals surface area contributed by atoms with Crippen molar-refractivity contribution in [3.8, 4) is 11.1 Å². The summed E-state index contributed by atoms with van der Waals surface area (Å²) >= 11 is 1.86. The predicted octanol–water partition coefficient (Wildman–Crippen LogP) is 8.12. The van der Waals surface area contributed by atoms with Crippen molar-refractivity contribution in [3.63, 3.8) is 0 Å². The molecule has 0 aliphatic carbocycles. The highest BCUT2D eigenvalue weighted by atomic mass is 32.2. The Morgan fingerprint density at radius 3 is 1.71 bits per heavy atom. The summed E-state index contributed by atoms with van der Waals surface area (Å²) in [5.74, 6) is 0. The number of aryl methyl sites for hydroxylation is 1. The zero-order valence-electron chi connectivity index (χ0n) is 15.7. The van der Waals surface area contributed by atoms with Crippen molar-refractivity contribution in [2.24, 2.45) is 0 Å². The molecule has 1 heteroatoms. The van der Waals surface area contributed by atoms with Crippen molar-refractivity contribution in [2.45, 2.75) is 16.7 Å². The minimum Gasteiger partial charge on any atom is -0.0888 e. The molecule has 5 aromatic rings. The van der Waals surface area contributed by atoms with Crippen LogP contribution >= 0.6 is 11.8 Å². The van der Waals surface area contributed by atoms with E-state index in [1.54, 1.807) is 0 Å². The van der Waals surface area contributed by atoms with E-state index in [0.29, 0.717) is 0 Å². The molecule has 0 saturated carbocycles. The standard InChI is InChI=1S/C27H20S/c1-19-15-17-21(18-16-19)28-27-25-14-8-6-12-23(25)22-11-5-7-13-24(22)26(27)20-9-3-2-4-10-20/h2-18H,1H3.